The van der Waals surface area contributed by atoms with E-state index in [1.54, 1.807) is 6.20 Å². The number of H-pyrrole nitrogens is 1. The SMILES string of the molecule is Cc1cc2cn[nH]c2cc1NC(=O)C1CC1. The summed E-state index contributed by atoms with van der Waals surface area (Å²) in [5.41, 5.74) is 2.91. The van der Waals surface area contributed by atoms with Crippen LogP contribution in [-0.2, 0) is 4.79 Å². The number of hydrogen-bond donors (Lipinski definition) is 2. The smallest absolute Gasteiger partial charge is 0.227 e. The lowest BCUT2D eigenvalue weighted by Crippen LogP contribution is -2.14. The van der Waals surface area contributed by atoms with Crippen LogP contribution in [0.25, 0.3) is 10.9 Å². The molecule has 1 saturated carbocycles. The number of amides is 1. The van der Waals surface area contributed by atoms with Crippen LogP contribution in [0.5, 0.6) is 0 Å². The molecule has 0 aliphatic heterocycles. The Morgan fingerprint density at radius 1 is 1.50 bits per heavy atom. The number of carbonyl (C=O) groups excluding carboxylic acids is 1. The molecule has 1 aliphatic carbocycles. The molecule has 2 aromatic rings. The van der Waals surface area contributed by atoms with Gasteiger partial charge in [-0.25, -0.2) is 0 Å². The fourth-order valence-electron chi connectivity index (χ4n) is 1.82. The molecule has 1 heterocycles. The second kappa shape index (κ2) is 3.33. The molecule has 1 fully saturated rings. The summed E-state index contributed by atoms with van der Waals surface area (Å²) in [7, 11) is 0. The Balaban J connectivity index is 1.95. The van der Waals surface area contributed by atoms with E-state index in [9.17, 15) is 4.79 Å². The molecular formula is C12H13N3O. The molecule has 0 atom stereocenters. The average Bonchev–Trinajstić information content (AvgIpc) is 3.01. The van der Waals surface area contributed by atoms with Gasteiger partial charge in [-0.15, -0.1) is 0 Å². The molecule has 0 saturated heterocycles. The summed E-state index contributed by atoms with van der Waals surface area (Å²) < 4.78 is 0. The number of hydrogen-bond acceptors (Lipinski definition) is 2. The van der Waals surface area contributed by atoms with E-state index in [4.69, 9.17) is 0 Å². The number of aromatic amines is 1. The molecule has 0 radical (unpaired) electrons. The molecular weight excluding hydrogens is 202 g/mol. The van der Waals surface area contributed by atoms with Gasteiger partial charge in [0.15, 0.2) is 0 Å². The van der Waals surface area contributed by atoms with Crippen LogP contribution in [-0.4, -0.2) is 16.1 Å². The van der Waals surface area contributed by atoms with E-state index < -0.39 is 0 Å². The van der Waals surface area contributed by atoms with Crippen molar-refractivity contribution in [3.63, 3.8) is 0 Å². The van der Waals surface area contributed by atoms with Gasteiger partial charge < -0.3 is 5.32 Å². The maximum Gasteiger partial charge on any atom is 0.227 e. The molecule has 0 spiro atoms. The van der Waals surface area contributed by atoms with Crippen molar-refractivity contribution in [2.75, 3.05) is 5.32 Å². The van der Waals surface area contributed by atoms with Crippen LogP contribution >= 0.6 is 0 Å². The maximum atomic E-state index is 11.7. The van der Waals surface area contributed by atoms with E-state index in [1.807, 2.05) is 19.1 Å². The average molecular weight is 215 g/mol. The van der Waals surface area contributed by atoms with Gasteiger partial charge in [0.25, 0.3) is 0 Å². The standard InChI is InChI=1S/C12H13N3O/c1-7-4-9-6-13-15-11(9)5-10(7)14-12(16)8-2-3-8/h4-6,8H,2-3H2,1H3,(H,13,15)(H,14,16). The zero-order valence-electron chi connectivity index (χ0n) is 9.08. The number of carbonyl (C=O) groups is 1. The summed E-state index contributed by atoms with van der Waals surface area (Å²) in [4.78, 5) is 11.7. The van der Waals surface area contributed by atoms with Crippen molar-refractivity contribution in [2.45, 2.75) is 19.8 Å². The Hall–Kier alpha value is -1.84. The number of nitrogens with one attached hydrogen (secondary N) is 2. The summed E-state index contributed by atoms with van der Waals surface area (Å²) in [6, 6.07) is 3.97. The molecule has 3 rings (SSSR count). The molecule has 1 aliphatic rings. The highest BCUT2D eigenvalue weighted by atomic mass is 16.2. The van der Waals surface area contributed by atoms with Gasteiger partial charge in [0.2, 0.25) is 5.91 Å². The summed E-state index contributed by atoms with van der Waals surface area (Å²) in [6.45, 7) is 1.99. The molecule has 0 unspecified atom stereocenters. The van der Waals surface area contributed by atoms with Gasteiger partial charge in [-0.2, -0.15) is 5.10 Å². The lowest BCUT2D eigenvalue weighted by atomic mass is 10.1. The van der Waals surface area contributed by atoms with Gasteiger partial charge >= 0.3 is 0 Å². The third-order valence-corrected chi connectivity index (χ3v) is 2.99. The number of rotatable bonds is 2. The molecule has 1 amide bonds. The first-order valence-electron chi connectivity index (χ1n) is 5.48. The van der Waals surface area contributed by atoms with Crippen molar-refractivity contribution in [3.05, 3.63) is 23.9 Å². The fourth-order valence-corrected chi connectivity index (χ4v) is 1.82. The van der Waals surface area contributed by atoms with Gasteiger partial charge in [-0.1, -0.05) is 0 Å². The lowest BCUT2D eigenvalue weighted by Gasteiger charge is -2.07. The quantitative estimate of drug-likeness (QED) is 0.807. The van der Waals surface area contributed by atoms with E-state index in [0.29, 0.717) is 0 Å². The second-order valence-corrected chi connectivity index (χ2v) is 4.39. The zero-order valence-corrected chi connectivity index (χ0v) is 9.08. The second-order valence-electron chi connectivity index (χ2n) is 4.39. The van der Waals surface area contributed by atoms with E-state index in [0.717, 1.165) is 35.0 Å². The van der Waals surface area contributed by atoms with Crippen LogP contribution in [0.2, 0.25) is 0 Å². The number of benzene rings is 1. The zero-order chi connectivity index (χ0) is 11.1. The van der Waals surface area contributed by atoms with Crippen molar-refractivity contribution < 1.29 is 4.79 Å². The van der Waals surface area contributed by atoms with Gasteiger partial charge in [-0.05, 0) is 37.5 Å². The normalized spacial score (nSPS) is 15.3. The third-order valence-electron chi connectivity index (χ3n) is 2.99. The fraction of sp³-hybridized carbons (Fsp3) is 0.333. The van der Waals surface area contributed by atoms with E-state index in [-0.39, 0.29) is 11.8 Å². The van der Waals surface area contributed by atoms with Crippen molar-refractivity contribution in [2.24, 2.45) is 5.92 Å². The van der Waals surface area contributed by atoms with Gasteiger partial charge in [0.05, 0.1) is 11.7 Å². The molecule has 1 aromatic carbocycles. The minimum Gasteiger partial charge on any atom is -0.326 e. The first-order valence-corrected chi connectivity index (χ1v) is 5.48. The monoisotopic (exact) mass is 215 g/mol. The highest BCUT2D eigenvalue weighted by molar-refractivity contribution is 5.97. The molecule has 2 N–H and O–H groups in total. The largest absolute Gasteiger partial charge is 0.326 e. The topological polar surface area (TPSA) is 57.8 Å². The van der Waals surface area contributed by atoms with Crippen LogP contribution in [0.15, 0.2) is 18.3 Å². The minimum absolute atomic E-state index is 0.141. The van der Waals surface area contributed by atoms with Crippen molar-refractivity contribution >= 4 is 22.5 Å². The van der Waals surface area contributed by atoms with Crippen molar-refractivity contribution in [3.8, 4) is 0 Å². The van der Waals surface area contributed by atoms with E-state index in [1.165, 1.54) is 0 Å². The molecule has 0 bridgehead atoms. The predicted molar refractivity (Wildman–Crippen MR) is 62.2 cm³/mol. The summed E-state index contributed by atoms with van der Waals surface area (Å²) >= 11 is 0. The Kier molecular flexibility index (Phi) is 1.96. The predicted octanol–water partition coefficient (Wildman–Crippen LogP) is 2.22. The molecule has 16 heavy (non-hydrogen) atoms. The highest BCUT2D eigenvalue weighted by Crippen LogP contribution is 2.31. The van der Waals surface area contributed by atoms with Gasteiger partial charge in [-0.3, -0.25) is 9.89 Å². The summed E-state index contributed by atoms with van der Waals surface area (Å²) in [5, 5.41) is 10.9. The highest BCUT2D eigenvalue weighted by Gasteiger charge is 2.29. The van der Waals surface area contributed by atoms with E-state index in [2.05, 4.69) is 15.5 Å². The van der Waals surface area contributed by atoms with Gasteiger partial charge in [0.1, 0.15) is 0 Å². The van der Waals surface area contributed by atoms with Gasteiger partial charge in [0, 0.05) is 17.0 Å². The molecule has 82 valence electrons. The Bertz CT molecular complexity index is 554. The first kappa shape index (κ1) is 9.39. The van der Waals surface area contributed by atoms with Crippen molar-refractivity contribution in [1.82, 2.24) is 10.2 Å². The van der Waals surface area contributed by atoms with Crippen LogP contribution in [0.3, 0.4) is 0 Å². The summed E-state index contributed by atoms with van der Waals surface area (Å²) in [6.07, 6.45) is 3.84. The van der Waals surface area contributed by atoms with Crippen LogP contribution < -0.4 is 5.32 Å². The number of anilines is 1. The summed E-state index contributed by atoms with van der Waals surface area (Å²) in [5.74, 6) is 0.374. The minimum atomic E-state index is 0.141. The van der Waals surface area contributed by atoms with Crippen LogP contribution in [0.1, 0.15) is 18.4 Å². The number of nitrogens with zero attached hydrogens (tertiary/aromatic N) is 1. The van der Waals surface area contributed by atoms with Crippen LogP contribution in [0, 0.1) is 12.8 Å². The molecule has 1 aromatic heterocycles. The maximum absolute atomic E-state index is 11.7. The van der Waals surface area contributed by atoms with E-state index >= 15 is 0 Å². The number of aromatic nitrogens is 2. The Morgan fingerprint density at radius 2 is 2.31 bits per heavy atom. The Labute approximate surface area is 93.0 Å². The third kappa shape index (κ3) is 1.56. The molecule has 4 nitrogen and oxygen atoms in total. The first-order chi connectivity index (χ1) is 7.74. The van der Waals surface area contributed by atoms with Crippen molar-refractivity contribution in [1.29, 1.82) is 0 Å². The molecule has 4 heteroatoms. The lowest BCUT2D eigenvalue weighted by molar-refractivity contribution is -0.117. The van der Waals surface area contributed by atoms with Crippen LogP contribution in [0.4, 0.5) is 5.69 Å². The number of fused-ring (bicyclic) bond motifs is 1. The number of aryl methyl sites for hydroxylation is 1. The Morgan fingerprint density at radius 3 is 3.06 bits per heavy atom.